The highest BCUT2D eigenvalue weighted by molar-refractivity contribution is 5.99. The second kappa shape index (κ2) is 5.54. The Morgan fingerprint density at radius 2 is 2.12 bits per heavy atom. The molecule has 7 heteroatoms. The van der Waals surface area contributed by atoms with Crippen LogP contribution in [0, 0.1) is 5.92 Å². The summed E-state index contributed by atoms with van der Waals surface area (Å²) in [4.78, 5) is 15.2. The van der Waals surface area contributed by atoms with Crippen molar-refractivity contribution in [3.63, 3.8) is 0 Å². The predicted octanol–water partition coefficient (Wildman–Crippen LogP) is 1.99. The summed E-state index contributed by atoms with van der Waals surface area (Å²) in [5.41, 5.74) is 1.70. The van der Waals surface area contributed by atoms with Crippen molar-refractivity contribution in [1.82, 2.24) is 30.1 Å². The molecule has 5 rings (SSSR count). The predicted molar refractivity (Wildman–Crippen MR) is 91.9 cm³/mol. The Hall–Kier alpha value is -2.96. The van der Waals surface area contributed by atoms with Crippen LogP contribution in [0.4, 0.5) is 0 Å². The van der Waals surface area contributed by atoms with Crippen molar-refractivity contribution in [1.29, 1.82) is 0 Å². The summed E-state index contributed by atoms with van der Waals surface area (Å²) in [6.45, 7) is 1.27. The van der Waals surface area contributed by atoms with Crippen LogP contribution in [0.5, 0.6) is 0 Å². The first-order chi connectivity index (χ1) is 12.3. The lowest BCUT2D eigenvalue weighted by atomic mass is 9.80. The van der Waals surface area contributed by atoms with E-state index < -0.39 is 0 Å². The summed E-state index contributed by atoms with van der Waals surface area (Å²) in [5.74, 6) is 1.28. The minimum Gasteiger partial charge on any atom is -0.333 e. The number of benzene rings is 1. The first-order valence-electron chi connectivity index (χ1n) is 8.58. The molecule has 1 amide bonds. The molecular weight excluding hydrogens is 316 g/mol. The quantitative estimate of drug-likeness (QED) is 0.743. The third-order valence-corrected chi connectivity index (χ3v) is 5.34. The highest BCUT2D eigenvalue weighted by atomic mass is 16.2. The van der Waals surface area contributed by atoms with E-state index in [1.165, 1.54) is 0 Å². The zero-order chi connectivity index (χ0) is 16.8. The number of aromatic nitrogens is 5. The third kappa shape index (κ3) is 2.26. The fraction of sp³-hybridized carbons (Fsp3) is 0.333. The Kier molecular flexibility index (Phi) is 3.19. The number of nitrogens with zero attached hydrogens (tertiary/aromatic N) is 5. The normalized spacial score (nSPS) is 22.0. The zero-order valence-corrected chi connectivity index (χ0v) is 13.7. The summed E-state index contributed by atoms with van der Waals surface area (Å²) < 4.78 is 1.99. The van der Waals surface area contributed by atoms with Gasteiger partial charge in [0.05, 0.1) is 6.54 Å². The van der Waals surface area contributed by atoms with Gasteiger partial charge < -0.3 is 9.47 Å². The van der Waals surface area contributed by atoms with E-state index in [0.29, 0.717) is 30.0 Å². The van der Waals surface area contributed by atoms with E-state index >= 15 is 0 Å². The molecule has 1 fully saturated rings. The number of rotatable bonds is 3. The van der Waals surface area contributed by atoms with E-state index in [-0.39, 0.29) is 5.91 Å². The molecular formula is C18H18N6O. The van der Waals surface area contributed by atoms with E-state index in [9.17, 15) is 4.79 Å². The Bertz CT molecular complexity index is 957. The van der Waals surface area contributed by atoms with Crippen molar-refractivity contribution < 1.29 is 4.79 Å². The fourth-order valence-electron chi connectivity index (χ4n) is 4.01. The molecule has 25 heavy (non-hydrogen) atoms. The molecule has 0 spiro atoms. The summed E-state index contributed by atoms with van der Waals surface area (Å²) in [5, 5.41) is 15.2. The molecule has 2 atom stereocenters. The number of carbonyl (C=O) groups excluding carboxylic acids is 1. The van der Waals surface area contributed by atoms with Crippen molar-refractivity contribution in [2.24, 2.45) is 5.92 Å². The minimum atomic E-state index is 0.0937. The number of tetrazole rings is 1. The van der Waals surface area contributed by atoms with Crippen molar-refractivity contribution in [3.8, 4) is 0 Å². The third-order valence-electron chi connectivity index (χ3n) is 5.34. The second-order valence-electron chi connectivity index (χ2n) is 6.73. The van der Waals surface area contributed by atoms with Gasteiger partial charge in [0.1, 0.15) is 5.69 Å². The lowest BCUT2D eigenvalue weighted by Crippen LogP contribution is -2.59. The molecule has 0 saturated carbocycles. The van der Waals surface area contributed by atoms with Gasteiger partial charge in [-0.2, -0.15) is 5.21 Å². The van der Waals surface area contributed by atoms with E-state index in [1.54, 1.807) is 0 Å². The van der Waals surface area contributed by atoms with Crippen LogP contribution in [0.1, 0.15) is 29.2 Å². The van der Waals surface area contributed by atoms with E-state index in [0.717, 1.165) is 30.3 Å². The van der Waals surface area contributed by atoms with Gasteiger partial charge in [-0.3, -0.25) is 4.79 Å². The van der Waals surface area contributed by atoms with Crippen LogP contribution in [0.15, 0.2) is 42.5 Å². The molecule has 0 unspecified atom stereocenters. The van der Waals surface area contributed by atoms with Crippen molar-refractivity contribution in [2.45, 2.75) is 25.4 Å². The van der Waals surface area contributed by atoms with Gasteiger partial charge in [0, 0.05) is 29.4 Å². The van der Waals surface area contributed by atoms with Crippen LogP contribution >= 0.6 is 0 Å². The Balaban J connectivity index is 1.54. The summed E-state index contributed by atoms with van der Waals surface area (Å²) in [6.07, 6.45) is 6.47. The first-order valence-corrected chi connectivity index (χ1v) is 8.58. The number of amides is 1. The molecule has 3 heterocycles. The fourth-order valence-corrected chi connectivity index (χ4v) is 4.01. The molecule has 3 aromatic rings. The average Bonchev–Trinajstić information content (AvgIpc) is 3.25. The van der Waals surface area contributed by atoms with E-state index in [4.69, 9.17) is 0 Å². The first kappa shape index (κ1) is 14.4. The van der Waals surface area contributed by atoms with Crippen molar-refractivity contribution in [3.05, 3.63) is 54.0 Å². The van der Waals surface area contributed by atoms with Gasteiger partial charge in [-0.05, 0) is 25.0 Å². The zero-order valence-electron chi connectivity index (χ0n) is 13.7. The van der Waals surface area contributed by atoms with Crippen LogP contribution in [-0.2, 0) is 6.54 Å². The maximum atomic E-state index is 13.2. The van der Waals surface area contributed by atoms with Crippen molar-refractivity contribution >= 4 is 16.8 Å². The maximum Gasteiger partial charge on any atom is 0.270 e. The molecule has 1 saturated heterocycles. The number of likely N-dealkylation sites (tertiary alicyclic amines) is 1. The Morgan fingerprint density at radius 1 is 1.24 bits per heavy atom. The second-order valence-corrected chi connectivity index (χ2v) is 6.73. The standard InChI is InChI=1S/C18H18N6O/c25-18(24-10-13-6-2-4-8-15(13)24)16-9-12-5-1-3-7-14(12)23(16)11-17-19-21-22-20-17/h1-5,7,9,13,15H,6,8,10-11H2,(H,19,20,21,22)/t13-,15-/m0/s1. The average molecular weight is 334 g/mol. The van der Waals surface area contributed by atoms with Gasteiger partial charge in [-0.1, -0.05) is 35.6 Å². The van der Waals surface area contributed by atoms with Crippen LogP contribution in [0.25, 0.3) is 10.9 Å². The number of hydrogen-bond donors (Lipinski definition) is 1. The molecule has 2 aromatic heterocycles. The van der Waals surface area contributed by atoms with Crippen LogP contribution in [0.3, 0.4) is 0 Å². The summed E-state index contributed by atoms with van der Waals surface area (Å²) in [6, 6.07) is 10.3. The number of carbonyl (C=O) groups is 1. The van der Waals surface area contributed by atoms with Gasteiger partial charge in [0.25, 0.3) is 5.91 Å². The van der Waals surface area contributed by atoms with Gasteiger partial charge >= 0.3 is 0 Å². The van der Waals surface area contributed by atoms with Crippen LogP contribution in [0.2, 0.25) is 0 Å². The number of aromatic amines is 1. The number of nitrogens with one attached hydrogen (secondary N) is 1. The Labute approximate surface area is 144 Å². The number of para-hydroxylation sites is 1. The molecule has 1 aliphatic heterocycles. The molecule has 1 aromatic carbocycles. The molecule has 0 bridgehead atoms. The number of hydrogen-bond acceptors (Lipinski definition) is 4. The van der Waals surface area contributed by atoms with Gasteiger partial charge in [-0.15, -0.1) is 10.2 Å². The molecule has 7 nitrogen and oxygen atoms in total. The van der Waals surface area contributed by atoms with Crippen LogP contribution in [-0.4, -0.2) is 48.6 Å². The molecule has 126 valence electrons. The lowest BCUT2D eigenvalue weighted by Gasteiger charge is -2.49. The monoisotopic (exact) mass is 334 g/mol. The van der Waals surface area contributed by atoms with Crippen molar-refractivity contribution in [2.75, 3.05) is 6.54 Å². The lowest BCUT2D eigenvalue weighted by molar-refractivity contribution is 0.0134. The smallest absolute Gasteiger partial charge is 0.270 e. The summed E-state index contributed by atoms with van der Waals surface area (Å²) in [7, 11) is 0. The minimum absolute atomic E-state index is 0.0937. The summed E-state index contributed by atoms with van der Waals surface area (Å²) >= 11 is 0. The molecule has 1 aliphatic carbocycles. The highest BCUT2D eigenvalue weighted by Crippen LogP contribution is 2.35. The largest absolute Gasteiger partial charge is 0.333 e. The SMILES string of the molecule is O=C(c1cc2ccccc2n1Cc1nn[nH]n1)N1C[C@@H]2CC=CC[C@@H]21. The Morgan fingerprint density at radius 3 is 2.96 bits per heavy atom. The molecule has 1 N–H and O–H groups in total. The topological polar surface area (TPSA) is 79.7 Å². The molecule has 0 radical (unpaired) electrons. The maximum absolute atomic E-state index is 13.2. The molecule has 2 aliphatic rings. The van der Waals surface area contributed by atoms with Gasteiger partial charge in [-0.25, -0.2) is 0 Å². The number of allylic oxidation sites excluding steroid dienone is 1. The van der Waals surface area contributed by atoms with Gasteiger partial charge in [0.15, 0.2) is 5.82 Å². The number of fused-ring (bicyclic) bond motifs is 2. The van der Waals surface area contributed by atoms with E-state index in [2.05, 4.69) is 32.8 Å². The highest BCUT2D eigenvalue weighted by Gasteiger charge is 2.42. The number of H-pyrrole nitrogens is 1. The van der Waals surface area contributed by atoms with E-state index in [1.807, 2.05) is 39.8 Å². The van der Waals surface area contributed by atoms with Crippen LogP contribution < -0.4 is 0 Å². The van der Waals surface area contributed by atoms with Gasteiger partial charge in [0.2, 0.25) is 0 Å².